The first-order valence-corrected chi connectivity index (χ1v) is 7.83. The third kappa shape index (κ3) is 3.93. The Kier molecular flexibility index (Phi) is 6.80. The van der Waals surface area contributed by atoms with Crippen LogP contribution in [0.5, 0.6) is 0 Å². The molecule has 3 unspecified atom stereocenters. The molecule has 0 aromatic carbocycles. The molecule has 1 aliphatic rings. The van der Waals surface area contributed by atoms with Crippen molar-refractivity contribution >= 4 is 5.91 Å². The number of rotatable bonds is 6. The fraction of sp³-hybridized carbons (Fsp3) is 0.933. The summed E-state index contributed by atoms with van der Waals surface area (Å²) in [6.45, 7) is 11.6. The minimum Gasteiger partial charge on any atom is -0.342 e. The highest BCUT2D eigenvalue weighted by Crippen LogP contribution is 2.26. The molecule has 19 heavy (non-hydrogen) atoms. The van der Waals surface area contributed by atoms with E-state index in [0.29, 0.717) is 12.6 Å². The van der Waals surface area contributed by atoms with Gasteiger partial charge >= 0.3 is 0 Å². The fourth-order valence-electron chi connectivity index (χ4n) is 3.21. The molecule has 1 saturated heterocycles. The Labute approximate surface area is 118 Å². The van der Waals surface area contributed by atoms with Crippen molar-refractivity contribution in [2.24, 2.45) is 11.7 Å². The molecular formula is C15H31N3O. The molecule has 3 atom stereocenters. The Morgan fingerprint density at radius 3 is 2.47 bits per heavy atom. The molecule has 4 nitrogen and oxygen atoms in total. The van der Waals surface area contributed by atoms with Gasteiger partial charge in [0, 0.05) is 25.7 Å². The number of hydrogen-bond acceptors (Lipinski definition) is 3. The molecule has 1 heterocycles. The van der Waals surface area contributed by atoms with Crippen molar-refractivity contribution in [3.63, 3.8) is 0 Å². The van der Waals surface area contributed by atoms with E-state index in [1.807, 2.05) is 25.7 Å². The first kappa shape index (κ1) is 16.4. The van der Waals surface area contributed by atoms with Crippen molar-refractivity contribution < 1.29 is 4.79 Å². The number of likely N-dealkylation sites (tertiary alicyclic amines) is 1. The van der Waals surface area contributed by atoms with Gasteiger partial charge in [-0.05, 0) is 46.1 Å². The number of likely N-dealkylation sites (N-methyl/N-ethyl adjacent to an activating group) is 1. The molecule has 1 amide bonds. The second kappa shape index (κ2) is 7.85. The summed E-state index contributed by atoms with van der Waals surface area (Å²) in [7, 11) is 0. The monoisotopic (exact) mass is 269 g/mol. The van der Waals surface area contributed by atoms with Gasteiger partial charge in [0.1, 0.15) is 0 Å². The second-order valence-corrected chi connectivity index (χ2v) is 5.61. The highest BCUT2D eigenvalue weighted by molar-refractivity contribution is 5.81. The predicted molar refractivity (Wildman–Crippen MR) is 80.0 cm³/mol. The minimum absolute atomic E-state index is 0.0359. The maximum Gasteiger partial charge on any atom is 0.239 e. The van der Waals surface area contributed by atoms with E-state index in [0.717, 1.165) is 32.0 Å². The zero-order chi connectivity index (χ0) is 14.4. The van der Waals surface area contributed by atoms with Crippen LogP contribution in [-0.4, -0.2) is 54.0 Å². The lowest BCUT2D eigenvalue weighted by molar-refractivity contribution is -0.137. The van der Waals surface area contributed by atoms with E-state index in [2.05, 4.69) is 11.8 Å². The van der Waals surface area contributed by atoms with E-state index in [-0.39, 0.29) is 11.9 Å². The molecule has 0 spiro atoms. The van der Waals surface area contributed by atoms with Gasteiger partial charge in [-0.1, -0.05) is 13.3 Å². The van der Waals surface area contributed by atoms with Crippen LogP contribution in [0.1, 0.15) is 47.0 Å². The van der Waals surface area contributed by atoms with E-state index in [4.69, 9.17) is 5.73 Å². The summed E-state index contributed by atoms with van der Waals surface area (Å²) < 4.78 is 0. The van der Waals surface area contributed by atoms with Crippen molar-refractivity contribution in [1.29, 1.82) is 0 Å². The van der Waals surface area contributed by atoms with Crippen LogP contribution in [0.15, 0.2) is 0 Å². The normalized spacial score (nSPS) is 26.2. The Hall–Kier alpha value is -0.610. The number of nitrogens with zero attached hydrogens (tertiary/aromatic N) is 2. The summed E-state index contributed by atoms with van der Waals surface area (Å²) >= 11 is 0. The van der Waals surface area contributed by atoms with E-state index in [1.165, 1.54) is 12.8 Å². The Morgan fingerprint density at radius 2 is 2.00 bits per heavy atom. The molecule has 0 aromatic heterocycles. The highest BCUT2D eigenvalue weighted by Gasteiger charge is 2.33. The van der Waals surface area contributed by atoms with Crippen molar-refractivity contribution in [2.45, 2.75) is 59.0 Å². The number of amides is 1. The van der Waals surface area contributed by atoms with E-state index in [9.17, 15) is 4.79 Å². The van der Waals surface area contributed by atoms with Crippen LogP contribution < -0.4 is 5.73 Å². The van der Waals surface area contributed by atoms with E-state index in [1.54, 1.807) is 0 Å². The Morgan fingerprint density at radius 1 is 1.37 bits per heavy atom. The van der Waals surface area contributed by atoms with Crippen LogP contribution in [0.25, 0.3) is 0 Å². The zero-order valence-electron chi connectivity index (χ0n) is 13.1. The summed E-state index contributed by atoms with van der Waals surface area (Å²) in [4.78, 5) is 16.7. The molecule has 0 radical (unpaired) electrons. The van der Waals surface area contributed by atoms with Gasteiger partial charge in [-0.3, -0.25) is 9.69 Å². The van der Waals surface area contributed by atoms with Gasteiger partial charge in [-0.15, -0.1) is 0 Å². The molecule has 1 fully saturated rings. The Bertz CT molecular complexity index is 279. The van der Waals surface area contributed by atoms with Crippen LogP contribution >= 0.6 is 0 Å². The van der Waals surface area contributed by atoms with Crippen LogP contribution in [0.4, 0.5) is 0 Å². The van der Waals surface area contributed by atoms with Gasteiger partial charge in [0.25, 0.3) is 0 Å². The standard InChI is InChI=1S/C15H31N3O/c1-5-13-8-9-18(14(10-13)11-16)12(4)15(19)17(6-2)7-3/h12-14H,5-11,16H2,1-4H3. The van der Waals surface area contributed by atoms with Gasteiger partial charge < -0.3 is 10.6 Å². The largest absolute Gasteiger partial charge is 0.342 e. The van der Waals surface area contributed by atoms with Crippen LogP contribution in [0.3, 0.4) is 0 Å². The topological polar surface area (TPSA) is 49.6 Å². The number of nitrogens with two attached hydrogens (primary N) is 1. The third-order valence-corrected chi connectivity index (χ3v) is 4.65. The highest BCUT2D eigenvalue weighted by atomic mass is 16.2. The summed E-state index contributed by atoms with van der Waals surface area (Å²) in [5.74, 6) is 1.03. The molecule has 0 aromatic rings. The molecule has 112 valence electrons. The predicted octanol–water partition coefficient (Wildman–Crippen LogP) is 1.69. The SMILES string of the molecule is CCC1CCN(C(C)C(=O)N(CC)CC)C(CN)C1. The molecule has 1 aliphatic heterocycles. The Balaban J connectivity index is 2.69. The van der Waals surface area contributed by atoms with Crippen LogP contribution in [-0.2, 0) is 4.79 Å². The number of piperidine rings is 1. The summed E-state index contributed by atoms with van der Waals surface area (Å²) in [5.41, 5.74) is 5.92. The van der Waals surface area contributed by atoms with E-state index < -0.39 is 0 Å². The van der Waals surface area contributed by atoms with E-state index >= 15 is 0 Å². The summed E-state index contributed by atoms with van der Waals surface area (Å²) in [6, 6.07) is 0.333. The lowest BCUT2D eigenvalue weighted by Crippen LogP contribution is -2.55. The zero-order valence-corrected chi connectivity index (χ0v) is 13.1. The third-order valence-electron chi connectivity index (χ3n) is 4.65. The number of hydrogen-bond donors (Lipinski definition) is 1. The number of carbonyl (C=O) groups is 1. The molecule has 0 bridgehead atoms. The molecule has 0 saturated carbocycles. The smallest absolute Gasteiger partial charge is 0.239 e. The fourth-order valence-corrected chi connectivity index (χ4v) is 3.21. The molecule has 1 rings (SSSR count). The van der Waals surface area contributed by atoms with Gasteiger partial charge in [-0.25, -0.2) is 0 Å². The van der Waals surface area contributed by atoms with Gasteiger partial charge in [0.05, 0.1) is 6.04 Å². The lowest BCUT2D eigenvalue weighted by Gasteiger charge is -2.42. The van der Waals surface area contributed by atoms with Crippen LogP contribution in [0.2, 0.25) is 0 Å². The minimum atomic E-state index is -0.0359. The van der Waals surface area contributed by atoms with Gasteiger partial charge in [-0.2, -0.15) is 0 Å². The summed E-state index contributed by atoms with van der Waals surface area (Å²) in [6.07, 6.45) is 3.56. The average Bonchev–Trinajstić information content (AvgIpc) is 2.46. The van der Waals surface area contributed by atoms with Crippen molar-refractivity contribution in [3.8, 4) is 0 Å². The first-order chi connectivity index (χ1) is 9.08. The first-order valence-electron chi connectivity index (χ1n) is 7.83. The number of carbonyl (C=O) groups excluding carboxylic acids is 1. The quantitative estimate of drug-likeness (QED) is 0.798. The second-order valence-electron chi connectivity index (χ2n) is 5.61. The van der Waals surface area contributed by atoms with Crippen molar-refractivity contribution in [1.82, 2.24) is 9.80 Å². The average molecular weight is 269 g/mol. The molecule has 4 heteroatoms. The summed E-state index contributed by atoms with van der Waals surface area (Å²) in [5, 5.41) is 0. The van der Waals surface area contributed by atoms with Crippen molar-refractivity contribution in [3.05, 3.63) is 0 Å². The maximum absolute atomic E-state index is 12.5. The molecule has 0 aliphatic carbocycles. The maximum atomic E-state index is 12.5. The van der Waals surface area contributed by atoms with Crippen molar-refractivity contribution in [2.75, 3.05) is 26.2 Å². The molecule has 2 N–H and O–H groups in total. The lowest BCUT2D eigenvalue weighted by atomic mass is 9.88. The van der Waals surface area contributed by atoms with Gasteiger partial charge in [0.15, 0.2) is 0 Å². The van der Waals surface area contributed by atoms with Gasteiger partial charge in [0.2, 0.25) is 5.91 Å². The molecular weight excluding hydrogens is 238 g/mol. The van der Waals surface area contributed by atoms with Crippen LogP contribution in [0, 0.1) is 5.92 Å².